The van der Waals surface area contributed by atoms with Crippen LogP contribution in [0, 0.1) is 6.92 Å². The zero-order valence-corrected chi connectivity index (χ0v) is 11.6. The summed E-state index contributed by atoms with van der Waals surface area (Å²) in [5.74, 6) is -0.124. The van der Waals surface area contributed by atoms with Gasteiger partial charge >= 0.3 is 0 Å². The van der Waals surface area contributed by atoms with Crippen molar-refractivity contribution >= 4 is 11.8 Å². The molecule has 20 heavy (non-hydrogen) atoms. The molecule has 2 N–H and O–H groups in total. The molecule has 1 aromatic rings. The molecule has 0 unspecified atom stereocenters. The Labute approximate surface area is 117 Å². The molecule has 2 rings (SSSR count). The van der Waals surface area contributed by atoms with Crippen LogP contribution in [-0.4, -0.2) is 42.3 Å². The van der Waals surface area contributed by atoms with E-state index in [4.69, 9.17) is 9.26 Å². The first-order valence-electron chi connectivity index (χ1n) is 6.70. The molecular weight excluding hydrogens is 262 g/mol. The van der Waals surface area contributed by atoms with Gasteiger partial charge in [0.1, 0.15) is 11.8 Å². The molecule has 2 atom stereocenters. The van der Waals surface area contributed by atoms with E-state index in [1.54, 1.807) is 13.8 Å². The normalized spacial score (nSPS) is 19.6. The Morgan fingerprint density at radius 1 is 1.55 bits per heavy atom. The monoisotopic (exact) mass is 281 g/mol. The molecule has 1 aliphatic rings. The number of carbonyl (C=O) groups excluding carboxylic acids is 2. The van der Waals surface area contributed by atoms with E-state index in [9.17, 15) is 9.59 Å². The third-order valence-electron chi connectivity index (χ3n) is 3.13. The zero-order valence-electron chi connectivity index (χ0n) is 11.6. The van der Waals surface area contributed by atoms with Gasteiger partial charge in [0.05, 0.1) is 6.10 Å². The third-order valence-corrected chi connectivity index (χ3v) is 3.13. The number of hydrogen-bond donors (Lipinski definition) is 2. The van der Waals surface area contributed by atoms with Crippen molar-refractivity contribution in [3.63, 3.8) is 0 Å². The van der Waals surface area contributed by atoms with Crippen molar-refractivity contribution in [2.75, 3.05) is 13.2 Å². The smallest absolute Gasteiger partial charge is 0.274 e. The molecule has 0 aliphatic carbocycles. The van der Waals surface area contributed by atoms with Crippen molar-refractivity contribution in [1.82, 2.24) is 15.8 Å². The quantitative estimate of drug-likeness (QED) is 0.814. The number of hydrogen-bond acceptors (Lipinski definition) is 5. The molecule has 0 aromatic carbocycles. The highest BCUT2D eigenvalue weighted by molar-refractivity contribution is 5.95. The molecule has 110 valence electrons. The fraction of sp³-hybridized carbons (Fsp3) is 0.615. The standard InChI is InChI=1S/C13H19N3O4/c1-8-6-11(16-20-8)13(18)15-9(2)12(17)14-7-10-4-3-5-19-10/h6,9-10H,3-5,7H2,1-2H3,(H,14,17)(H,15,18)/t9-,10+/m0/s1. The number of aryl methyl sites for hydroxylation is 1. The second kappa shape index (κ2) is 6.51. The number of amides is 2. The van der Waals surface area contributed by atoms with E-state index >= 15 is 0 Å². The summed E-state index contributed by atoms with van der Waals surface area (Å²) in [5, 5.41) is 8.93. The maximum atomic E-state index is 11.8. The number of rotatable bonds is 5. The van der Waals surface area contributed by atoms with Gasteiger partial charge in [0.2, 0.25) is 5.91 Å². The largest absolute Gasteiger partial charge is 0.376 e. The average Bonchev–Trinajstić information content (AvgIpc) is 3.06. The lowest BCUT2D eigenvalue weighted by Gasteiger charge is -2.15. The number of nitrogens with one attached hydrogen (secondary N) is 2. The highest BCUT2D eigenvalue weighted by Crippen LogP contribution is 2.10. The van der Waals surface area contributed by atoms with Gasteiger partial charge in [-0.3, -0.25) is 9.59 Å². The van der Waals surface area contributed by atoms with E-state index < -0.39 is 11.9 Å². The second-order valence-corrected chi connectivity index (χ2v) is 4.90. The van der Waals surface area contributed by atoms with Crippen LogP contribution in [0.25, 0.3) is 0 Å². The van der Waals surface area contributed by atoms with Gasteiger partial charge in [-0.15, -0.1) is 0 Å². The minimum absolute atomic E-state index is 0.0834. The summed E-state index contributed by atoms with van der Waals surface area (Å²) in [5.41, 5.74) is 0.168. The molecular formula is C13H19N3O4. The van der Waals surface area contributed by atoms with Crippen molar-refractivity contribution in [2.24, 2.45) is 0 Å². The number of ether oxygens (including phenoxy) is 1. The van der Waals surface area contributed by atoms with E-state index in [2.05, 4.69) is 15.8 Å². The summed E-state index contributed by atoms with van der Waals surface area (Å²) in [4.78, 5) is 23.6. The molecule has 0 radical (unpaired) electrons. The fourth-order valence-corrected chi connectivity index (χ4v) is 1.98. The van der Waals surface area contributed by atoms with Crippen LogP contribution in [0.4, 0.5) is 0 Å². The summed E-state index contributed by atoms with van der Waals surface area (Å²) in [6.45, 7) is 4.54. The van der Waals surface area contributed by atoms with Crippen LogP contribution in [0.15, 0.2) is 10.6 Å². The van der Waals surface area contributed by atoms with Crippen molar-refractivity contribution in [3.05, 3.63) is 17.5 Å². The van der Waals surface area contributed by atoms with Crippen molar-refractivity contribution in [2.45, 2.75) is 38.8 Å². The van der Waals surface area contributed by atoms with Gasteiger partial charge in [0.15, 0.2) is 5.69 Å². The lowest BCUT2D eigenvalue weighted by atomic mass is 10.2. The molecule has 7 heteroatoms. The first kappa shape index (κ1) is 14.5. The number of carbonyl (C=O) groups is 2. The summed E-state index contributed by atoms with van der Waals surface area (Å²) in [6, 6.07) is 0.882. The predicted octanol–water partition coefficient (Wildman–Crippen LogP) is 0.397. The van der Waals surface area contributed by atoms with E-state index in [1.807, 2.05) is 0 Å². The highest BCUT2D eigenvalue weighted by Gasteiger charge is 2.21. The maximum Gasteiger partial charge on any atom is 0.274 e. The molecule has 1 aromatic heterocycles. The van der Waals surface area contributed by atoms with Gasteiger partial charge in [0.25, 0.3) is 5.91 Å². The minimum atomic E-state index is -0.638. The maximum absolute atomic E-state index is 11.8. The molecule has 2 amide bonds. The topological polar surface area (TPSA) is 93.5 Å². The SMILES string of the molecule is Cc1cc(C(=O)N[C@@H](C)C(=O)NC[C@H]2CCCO2)no1. The summed E-state index contributed by atoms with van der Waals surface area (Å²) in [7, 11) is 0. The summed E-state index contributed by atoms with van der Waals surface area (Å²) < 4.78 is 10.2. The second-order valence-electron chi connectivity index (χ2n) is 4.90. The Morgan fingerprint density at radius 2 is 2.35 bits per heavy atom. The number of nitrogens with zero attached hydrogens (tertiary/aromatic N) is 1. The van der Waals surface area contributed by atoms with Crippen LogP contribution in [0.2, 0.25) is 0 Å². The fourth-order valence-electron chi connectivity index (χ4n) is 1.98. The van der Waals surface area contributed by atoms with E-state index in [1.165, 1.54) is 6.07 Å². The molecule has 0 bridgehead atoms. The Morgan fingerprint density at radius 3 is 2.95 bits per heavy atom. The van der Waals surface area contributed by atoms with E-state index in [0.717, 1.165) is 19.4 Å². The van der Waals surface area contributed by atoms with Gasteiger partial charge in [0, 0.05) is 19.2 Å². The summed E-state index contributed by atoms with van der Waals surface area (Å²) in [6.07, 6.45) is 2.07. The lowest BCUT2D eigenvalue weighted by Crippen LogP contribution is -2.46. The zero-order chi connectivity index (χ0) is 14.5. The van der Waals surface area contributed by atoms with E-state index in [0.29, 0.717) is 12.3 Å². The Hall–Kier alpha value is -1.89. The Bertz CT molecular complexity index is 480. The third kappa shape index (κ3) is 3.80. The molecule has 0 spiro atoms. The molecule has 1 fully saturated rings. The van der Waals surface area contributed by atoms with Crippen LogP contribution >= 0.6 is 0 Å². The van der Waals surface area contributed by atoms with Crippen molar-refractivity contribution in [3.8, 4) is 0 Å². The van der Waals surface area contributed by atoms with Crippen LogP contribution < -0.4 is 10.6 Å². The van der Waals surface area contributed by atoms with Crippen LogP contribution in [0.1, 0.15) is 36.0 Å². The van der Waals surface area contributed by atoms with Gasteiger partial charge in [-0.25, -0.2) is 0 Å². The molecule has 1 saturated heterocycles. The van der Waals surface area contributed by atoms with Gasteiger partial charge in [-0.05, 0) is 26.7 Å². The van der Waals surface area contributed by atoms with Crippen molar-refractivity contribution in [1.29, 1.82) is 0 Å². The lowest BCUT2D eigenvalue weighted by molar-refractivity contribution is -0.123. The van der Waals surface area contributed by atoms with Crippen LogP contribution in [0.5, 0.6) is 0 Å². The van der Waals surface area contributed by atoms with Crippen LogP contribution in [0.3, 0.4) is 0 Å². The first-order chi connectivity index (χ1) is 9.56. The van der Waals surface area contributed by atoms with Crippen molar-refractivity contribution < 1.29 is 18.8 Å². The van der Waals surface area contributed by atoms with Crippen LogP contribution in [-0.2, 0) is 9.53 Å². The van der Waals surface area contributed by atoms with Gasteiger partial charge < -0.3 is 19.9 Å². The minimum Gasteiger partial charge on any atom is -0.376 e. The molecule has 1 aliphatic heterocycles. The molecule has 0 saturated carbocycles. The molecule has 7 nitrogen and oxygen atoms in total. The molecule has 2 heterocycles. The number of aromatic nitrogens is 1. The summed E-state index contributed by atoms with van der Waals surface area (Å²) >= 11 is 0. The predicted molar refractivity (Wildman–Crippen MR) is 70.2 cm³/mol. The van der Waals surface area contributed by atoms with Gasteiger partial charge in [-0.1, -0.05) is 5.16 Å². The first-order valence-corrected chi connectivity index (χ1v) is 6.70. The Balaban J connectivity index is 1.76. The highest BCUT2D eigenvalue weighted by atomic mass is 16.5. The Kier molecular flexibility index (Phi) is 4.73. The van der Waals surface area contributed by atoms with Gasteiger partial charge in [-0.2, -0.15) is 0 Å². The average molecular weight is 281 g/mol. The van der Waals surface area contributed by atoms with E-state index in [-0.39, 0.29) is 17.7 Å².